The maximum atomic E-state index is 13.8. The molecule has 4 aromatic rings. The maximum absolute atomic E-state index is 13.8. The number of rotatable bonds is 5. The number of benzene rings is 2. The summed E-state index contributed by atoms with van der Waals surface area (Å²) in [6.45, 7) is 9.77. The summed E-state index contributed by atoms with van der Waals surface area (Å²) in [4.78, 5) is 31.9. The molecule has 0 saturated heterocycles. The van der Waals surface area contributed by atoms with E-state index in [1.54, 1.807) is 26.0 Å². The molecular formula is C30H28FN3O3S. The molecule has 8 heteroatoms. The van der Waals surface area contributed by atoms with Crippen LogP contribution in [0.15, 0.2) is 75.7 Å². The van der Waals surface area contributed by atoms with E-state index >= 15 is 0 Å². The topological polar surface area (TPSA) is 65.6 Å². The van der Waals surface area contributed by atoms with E-state index in [2.05, 4.69) is 40.7 Å². The van der Waals surface area contributed by atoms with Crippen LogP contribution in [-0.4, -0.2) is 21.7 Å². The van der Waals surface area contributed by atoms with Crippen molar-refractivity contribution in [3.05, 3.63) is 119 Å². The minimum Gasteiger partial charge on any atom is -0.463 e. The minimum absolute atomic E-state index is 0.187. The Labute approximate surface area is 223 Å². The molecule has 3 heterocycles. The molecule has 6 nitrogen and oxygen atoms in total. The van der Waals surface area contributed by atoms with Crippen LogP contribution in [0.4, 0.5) is 4.39 Å². The molecule has 194 valence electrons. The predicted octanol–water partition coefficient (Wildman–Crippen LogP) is 4.65. The molecule has 0 aliphatic carbocycles. The zero-order valence-electron chi connectivity index (χ0n) is 21.9. The number of carbonyl (C=O) groups is 1. The van der Waals surface area contributed by atoms with E-state index in [0.29, 0.717) is 20.6 Å². The summed E-state index contributed by atoms with van der Waals surface area (Å²) in [5, 5.41) is 0. The molecule has 0 saturated carbocycles. The highest BCUT2D eigenvalue weighted by Gasteiger charge is 2.33. The van der Waals surface area contributed by atoms with Crippen molar-refractivity contribution in [2.75, 3.05) is 6.61 Å². The van der Waals surface area contributed by atoms with Crippen LogP contribution in [0.25, 0.3) is 11.8 Å². The molecule has 0 bridgehead atoms. The van der Waals surface area contributed by atoms with Crippen molar-refractivity contribution in [3.63, 3.8) is 0 Å². The Balaban J connectivity index is 1.69. The average molecular weight is 530 g/mol. The number of ether oxygens (including phenoxy) is 1. The highest BCUT2D eigenvalue weighted by Crippen LogP contribution is 2.31. The van der Waals surface area contributed by atoms with Gasteiger partial charge in [-0.15, -0.1) is 0 Å². The largest absolute Gasteiger partial charge is 0.463 e. The van der Waals surface area contributed by atoms with Crippen molar-refractivity contribution in [2.24, 2.45) is 4.99 Å². The van der Waals surface area contributed by atoms with Crippen molar-refractivity contribution < 1.29 is 13.9 Å². The van der Waals surface area contributed by atoms with Crippen molar-refractivity contribution in [1.82, 2.24) is 9.13 Å². The number of aromatic nitrogens is 2. The molecule has 0 unspecified atom stereocenters. The average Bonchev–Trinajstić information content (AvgIpc) is 3.33. The number of halogens is 1. The van der Waals surface area contributed by atoms with E-state index in [-0.39, 0.29) is 17.7 Å². The molecule has 2 aromatic carbocycles. The lowest BCUT2D eigenvalue weighted by Crippen LogP contribution is -2.39. The second kappa shape index (κ2) is 10.0. The Kier molecular flexibility index (Phi) is 6.75. The smallest absolute Gasteiger partial charge is 0.338 e. The number of nitrogens with zero attached hydrogens (tertiary/aromatic N) is 3. The van der Waals surface area contributed by atoms with Crippen molar-refractivity contribution >= 4 is 23.4 Å². The van der Waals surface area contributed by atoms with Gasteiger partial charge in [0.05, 0.1) is 28.5 Å². The first-order valence-electron chi connectivity index (χ1n) is 12.4. The van der Waals surface area contributed by atoms with Crippen LogP contribution < -0.4 is 14.9 Å². The third-order valence-electron chi connectivity index (χ3n) is 6.72. The van der Waals surface area contributed by atoms with Crippen LogP contribution >= 0.6 is 11.3 Å². The molecular weight excluding hydrogens is 501 g/mol. The van der Waals surface area contributed by atoms with Gasteiger partial charge in [-0.1, -0.05) is 35.6 Å². The van der Waals surface area contributed by atoms with Gasteiger partial charge in [-0.25, -0.2) is 14.2 Å². The number of carbonyl (C=O) groups excluding carboxylic acids is 1. The predicted molar refractivity (Wildman–Crippen MR) is 147 cm³/mol. The Bertz CT molecular complexity index is 1770. The Morgan fingerprint density at radius 3 is 2.53 bits per heavy atom. The fraction of sp³-hybridized carbons (Fsp3) is 0.233. The number of thiazole rings is 1. The van der Waals surface area contributed by atoms with E-state index in [4.69, 9.17) is 4.74 Å². The molecule has 38 heavy (non-hydrogen) atoms. The second-order valence-corrected chi connectivity index (χ2v) is 10.4. The lowest BCUT2D eigenvalue weighted by Gasteiger charge is -2.24. The molecule has 1 aliphatic rings. The molecule has 0 spiro atoms. The standard InChI is InChI=1S/C30H28FN3O3S/c1-6-37-29(36)26-19(4)32-30-34(27(26)21-10-12-23(31)13-11-21)28(35)25(38-30)16-22-15-18(3)33(20(22)5)24-9-7-8-17(2)14-24/h7-16,27H,6H2,1-5H3/b25-16+/t27-/m1/s1. The number of allylic oxidation sites excluding steroid dienone is 1. The Morgan fingerprint density at radius 2 is 1.84 bits per heavy atom. The Hall–Kier alpha value is -4.04. The molecule has 1 aliphatic heterocycles. The van der Waals surface area contributed by atoms with Gasteiger partial charge in [0.25, 0.3) is 5.56 Å². The van der Waals surface area contributed by atoms with Gasteiger partial charge in [0, 0.05) is 17.1 Å². The first-order chi connectivity index (χ1) is 18.2. The summed E-state index contributed by atoms with van der Waals surface area (Å²) in [6, 6.07) is 15.4. The van der Waals surface area contributed by atoms with Crippen LogP contribution in [0.2, 0.25) is 0 Å². The van der Waals surface area contributed by atoms with Crippen molar-refractivity contribution in [1.29, 1.82) is 0 Å². The zero-order chi connectivity index (χ0) is 27.1. The van der Waals surface area contributed by atoms with E-state index in [0.717, 1.165) is 22.6 Å². The highest BCUT2D eigenvalue weighted by atomic mass is 32.1. The van der Waals surface area contributed by atoms with Crippen LogP contribution in [0, 0.1) is 26.6 Å². The van der Waals surface area contributed by atoms with Gasteiger partial charge in [-0.2, -0.15) is 0 Å². The number of hydrogen-bond acceptors (Lipinski definition) is 5. The second-order valence-electron chi connectivity index (χ2n) is 9.35. The zero-order valence-corrected chi connectivity index (χ0v) is 22.7. The molecule has 2 aromatic heterocycles. The van der Waals surface area contributed by atoms with Gasteiger partial charge in [-0.3, -0.25) is 9.36 Å². The van der Waals surface area contributed by atoms with Gasteiger partial charge >= 0.3 is 5.97 Å². The number of esters is 1. The summed E-state index contributed by atoms with van der Waals surface area (Å²) in [6.07, 6.45) is 1.88. The van der Waals surface area contributed by atoms with Crippen LogP contribution in [-0.2, 0) is 9.53 Å². The van der Waals surface area contributed by atoms with E-state index in [9.17, 15) is 14.0 Å². The van der Waals surface area contributed by atoms with E-state index < -0.39 is 17.8 Å². The van der Waals surface area contributed by atoms with Gasteiger partial charge < -0.3 is 9.30 Å². The van der Waals surface area contributed by atoms with E-state index in [1.165, 1.54) is 33.6 Å². The summed E-state index contributed by atoms with van der Waals surface area (Å²) in [5.74, 6) is -0.942. The van der Waals surface area contributed by atoms with Crippen molar-refractivity contribution in [2.45, 2.75) is 40.7 Å². The first-order valence-corrected chi connectivity index (χ1v) is 13.2. The van der Waals surface area contributed by atoms with Crippen LogP contribution in [0.5, 0.6) is 0 Å². The van der Waals surface area contributed by atoms with Crippen molar-refractivity contribution in [3.8, 4) is 5.69 Å². The molecule has 5 rings (SSSR count). The lowest BCUT2D eigenvalue weighted by molar-refractivity contribution is -0.139. The highest BCUT2D eigenvalue weighted by molar-refractivity contribution is 7.07. The first kappa shape index (κ1) is 25.6. The van der Waals surface area contributed by atoms with Gasteiger partial charge in [-0.05, 0) is 87.7 Å². The maximum Gasteiger partial charge on any atom is 0.338 e. The van der Waals surface area contributed by atoms with Gasteiger partial charge in [0.15, 0.2) is 4.80 Å². The molecule has 1 atom stereocenters. The third kappa shape index (κ3) is 4.45. The third-order valence-corrected chi connectivity index (χ3v) is 7.70. The quantitative estimate of drug-likeness (QED) is 0.354. The Morgan fingerprint density at radius 1 is 1.11 bits per heavy atom. The van der Waals surface area contributed by atoms with Gasteiger partial charge in [0.1, 0.15) is 5.82 Å². The summed E-state index contributed by atoms with van der Waals surface area (Å²) < 4.78 is 23.2. The van der Waals surface area contributed by atoms with E-state index in [1.807, 2.05) is 26.0 Å². The molecule has 0 radical (unpaired) electrons. The fourth-order valence-electron chi connectivity index (χ4n) is 4.99. The number of aryl methyl sites for hydroxylation is 2. The SMILES string of the molecule is CCOC(=O)C1=C(C)N=c2s/c(=C/c3cc(C)n(-c4cccc(C)c4)c3C)c(=O)n2[C@@H]1c1ccc(F)cc1. The lowest BCUT2D eigenvalue weighted by atomic mass is 9.96. The summed E-state index contributed by atoms with van der Waals surface area (Å²) in [7, 11) is 0. The van der Waals surface area contributed by atoms with Gasteiger partial charge in [0.2, 0.25) is 0 Å². The fourth-order valence-corrected chi connectivity index (χ4v) is 6.03. The molecule has 0 amide bonds. The van der Waals surface area contributed by atoms with Crippen LogP contribution in [0.1, 0.15) is 48.0 Å². The number of hydrogen-bond donors (Lipinski definition) is 0. The summed E-state index contributed by atoms with van der Waals surface area (Å²) >= 11 is 1.27. The monoisotopic (exact) mass is 529 g/mol. The summed E-state index contributed by atoms with van der Waals surface area (Å²) in [5.41, 5.74) is 6.30. The van der Waals surface area contributed by atoms with Crippen LogP contribution in [0.3, 0.4) is 0 Å². The minimum atomic E-state index is -0.771. The normalized spacial score (nSPS) is 15.4. The molecule has 0 N–H and O–H groups in total. The molecule has 0 fully saturated rings. The number of fused-ring (bicyclic) bond motifs is 1.